The van der Waals surface area contributed by atoms with E-state index in [1.165, 1.54) is 21.3 Å². The highest BCUT2D eigenvalue weighted by molar-refractivity contribution is 5.56. The standard InChI is InChI=1S/C13H17NO4/c1-8(7-14)11(15)9-5-6-10(16-2)13(18-4)12(9)17-3/h5-6,8,11,15H,1-4H3. The lowest BCUT2D eigenvalue weighted by atomic mass is 9.97. The number of aliphatic hydroxyl groups is 1. The van der Waals surface area contributed by atoms with Gasteiger partial charge in [-0.2, -0.15) is 5.26 Å². The second-order valence-corrected chi connectivity index (χ2v) is 3.79. The molecule has 1 N–H and O–H groups in total. The second-order valence-electron chi connectivity index (χ2n) is 3.79. The minimum Gasteiger partial charge on any atom is -0.493 e. The van der Waals surface area contributed by atoms with E-state index in [2.05, 4.69) is 0 Å². The van der Waals surface area contributed by atoms with Crippen molar-refractivity contribution in [3.05, 3.63) is 17.7 Å². The van der Waals surface area contributed by atoms with Crippen LogP contribution in [-0.4, -0.2) is 26.4 Å². The van der Waals surface area contributed by atoms with E-state index in [0.717, 1.165) is 0 Å². The molecular formula is C13H17NO4. The maximum atomic E-state index is 10.1. The fraction of sp³-hybridized carbons (Fsp3) is 0.462. The van der Waals surface area contributed by atoms with Crippen molar-refractivity contribution >= 4 is 0 Å². The van der Waals surface area contributed by atoms with Crippen LogP contribution in [-0.2, 0) is 0 Å². The van der Waals surface area contributed by atoms with Crippen molar-refractivity contribution in [3.8, 4) is 23.3 Å². The Morgan fingerprint density at radius 1 is 1.11 bits per heavy atom. The van der Waals surface area contributed by atoms with Crippen LogP contribution in [0.3, 0.4) is 0 Å². The minimum atomic E-state index is -0.940. The van der Waals surface area contributed by atoms with Crippen molar-refractivity contribution in [1.82, 2.24) is 0 Å². The zero-order valence-corrected chi connectivity index (χ0v) is 10.9. The van der Waals surface area contributed by atoms with Gasteiger partial charge < -0.3 is 19.3 Å². The van der Waals surface area contributed by atoms with E-state index in [1.807, 2.05) is 6.07 Å². The molecule has 2 unspecified atom stereocenters. The number of hydrogen-bond acceptors (Lipinski definition) is 5. The fourth-order valence-corrected chi connectivity index (χ4v) is 1.70. The van der Waals surface area contributed by atoms with Crippen molar-refractivity contribution in [2.24, 2.45) is 5.92 Å². The zero-order chi connectivity index (χ0) is 13.7. The first kappa shape index (κ1) is 14.1. The number of methoxy groups -OCH3 is 3. The maximum Gasteiger partial charge on any atom is 0.203 e. The average molecular weight is 251 g/mol. The van der Waals surface area contributed by atoms with Gasteiger partial charge in [0.15, 0.2) is 11.5 Å². The Morgan fingerprint density at radius 3 is 2.17 bits per heavy atom. The Morgan fingerprint density at radius 2 is 1.72 bits per heavy atom. The number of nitriles is 1. The number of hydrogen-bond donors (Lipinski definition) is 1. The molecule has 1 rings (SSSR count). The molecule has 1 aromatic carbocycles. The molecule has 1 aromatic rings. The highest BCUT2D eigenvalue weighted by Gasteiger charge is 2.24. The number of benzene rings is 1. The zero-order valence-electron chi connectivity index (χ0n) is 10.9. The predicted octanol–water partition coefficient (Wildman–Crippen LogP) is 1.91. The molecule has 2 atom stereocenters. The molecule has 5 heteroatoms. The van der Waals surface area contributed by atoms with Crippen LogP contribution in [0.15, 0.2) is 12.1 Å². The van der Waals surface area contributed by atoms with E-state index in [-0.39, 0.29) is 0 Å². The summed E-state index contributed by atoms with van der Waals surface area (Å²) >= 11 is 0. The van der Waals surface area contributed by atoms with E-state index in [0.29, 0.717) is 22.8 Å². The van der Waals surface area contributed by atoms with Crippen LogP contribution in [0.1, 0.15) is 18.6 Å². The Kier molecular flexibility index (Phi) is 4.81. The van der Waals surface area contributed by atoms with Crippen molar-refractivity contribution in [2.45, 2.75) is 13.0 Å². The summed E-state index contributed by atoms with van der Waals surface area (Å²) in [7, 11) is 4.49. The molecule has 0 fully saturated rings. The minimum absolute atomic E-state index is 0.381. The molecule has 0 aromatic heterocycles. The van der Waals surface area contributed by atoms with Gasteiger partial charge in [0.2, 0.25) is 5.75 Å². The monoisotopic (exact) mass is 251 g/mol. The van der Waals surface area contributed by atoms with Crippen LogP contribution in [0.5, 0.6) is 17.2 Å². The van der Waals surface area contributed by atoms with Crippen LogP contribution >= 0.6 is 0 Å². The summed E-state index contributed by atoms with van der Waals surface area (Å²) in [4.78, 5) is 0. The highest BCUT2D eigenvalue weighted by Crippen LogP contribution is 2.43. The highest BCUT2D eigenvalue weighted by atomic mass is 16.5. The fourth-order valence-electron chi connectivity index (χ4n) is 1.70. The molecule has 5 nitrogen and oxygen atoms in total. The molecule has 0 saturated heterocycles. The molecule has 0 radical (unpaired) electrons. The van der Waals surface area contributed by atoms with Gasteiger partial charge in [-0.15, -0.1) is 0 Å². The molecule has 98 valence electrons. The smallest absolute Gasteiger partial charge is 0.203 e. The summed E-state index contributed by atoms with van der Waals surface area (Å²) in [6.45, 7) is 1.64. The lowest BCUT2D eigenvalue weighted by Crippen LogP contribution is -2.09. The van der Waals surface area contributed by atoms with Crippen LogP contribution in [0.4, 0.5) is 0 Å². The lowest BCUT2D eigenvalue weighted by Gasteiger charge is -2.20. The molecule has 0 amide bonds. The Hall–Kier alpha value is -1.93. The molecule has 0 saturated carbocycles. The van der Waals surface area contributed by atoms with Crippen molar-refractivity contribution in [2.75, 3.05) is 21.3 Å². The van der Waals surface area contributed by atoms with Crippen LogP contribution in [0.2, 0.25) is 0 Å². The normalized spacial score (nSPS) is 13.3. The number of nitrogens with zero attached hydrogens (tertiary/aromatic N) is 1. The van der Waals surface area contributed by atoms with Gasteiger partial charge >= 0.3 is 0 Å². The first-order chi connectivity index (χ1) is 8.60. The third-order valence-corrected chi connectivity index (χ3v) is 2.73. The molecular weight excluding hydrogens is 234 g/mol. The third-order valence-electron chi connectivity index (χ3n) is 2.73. The number of ether oxygens (including phenoxy) is 3. The van der Waals surface area contributed by atoms with Crippen molar-refractivity contribution < 1.29 is 19.3 Å². The first-order valence-electron chi connectivity index (χ1n) is 5.47. The summed E-state index contributed by atoms with van der Waals surface area (Å²) in [6, 6.07) is 5.34. The molecule has 0 aliphatic carbocycles. The average Bonchev–Trinajstić information content (AvgIpc) is 2.43. The van der Waals surface area contributed by atoms with Gasteiger partial charge in [0.1, 0.15) is 0 Å². The van der Waals surface area contributed by atoms with Crippen LogP contribution in [0, 0.1) is 17.2 Å². The van der Waals surface area contributed by atoms with E-state index >= 15 is 0 Å². The topological polar surface area (TPSA) is 71.7 Å². The van der Waals surface area contributed by atoms with Crippen LogP contribution in [0.25, 0.3) is 0 Å². The molecule has 0 bridgehead atoms. The van der Waals surface area contributed by atoms with Gasteiger partial charge in [0, 0.05) is 5.56 Å². The SMILES string of the molecule is COc1ccc(C(O)C(C)C#N)c(OC)c1OC. The molecule has 0 aliphatic rings. The summed E-state index contributed by atoms with van der Waals surface area (Å²) in [5, 5.41) is 18.9. The van der Waals surface area contributed by atoms with Gasteiger partial charge in [-0.25, -0.2) is 0 Å². The largest absolute Gasteiger partial charge is 0.493 e. The van der Waals surface area contributed by atoms with E-state index in [1.54, 1.807) is 19.1 Å². The molecule has 0 spiro atoms. The van der Waals surface area contributed by atoms with Crippen molar-refractivity contribution in [3.63, 3.8) is 0 Å². The van der Waals surface area contributed by atoms with E-state index in [4.69, 9.17) is 19.5 Å². The Balaban J connectivity index is 3.34. The predicted molar refractivity (Wildman–Crippen MR) is 65.8 cm³/mol. The van der Waals surface area contributed by atoms with E-state index in [9.17, 15) is 5.11 Å². The Bertz CT molecular complexity index is 453. The van der Waals surface area contributed by atoms with E-state index < -0.39 is 12.0 Å². The molecule has 18 heavy (non-hydrogen) atoms. The molecule has 0 aliphatic heterocycles. The number of aliphatic hydroxyl groups excluding tert-OH is 1. The summed E-state index contributed by atoms with van der Waals surface area (Å²) in [6.07, 6.45) is -0.940. The van der Waals surface area contributed by atoms with Gasteiger partial charge in [0.05, 0.1) is 39.4 Å². The quantitative estimate of drug-likeness (QED) is 0.865. The van der Waals surface area contributed by atoms with Crippen LogP contribution < -0.4 is 14.2 Å². The summed E-state index contributed by atoms with van der Waals surface area (Å²) in [5.74, 6) is 0.750. The third kappa shape index (κ3) is 2.49. The maximum absolute atomic E-state index is 10.1. The van der Waals surface area contributed by atoms with Gasteiger partial charge in [0.25, 0.3) is 0 Å². The Labute approximate surface area is 107 Å². The number of rotatable bonds is 5. The van der Waals surface area contributed by atoms with Gasteiger partial charge in [-0.3, -0.25) is 0 Å². The lowest BCUT2D eigenvalue weighted by molar-refractivity contribution is 0.138. The van der Waals surface area contributed by atoms with Gasteiger partial charge in [-0.1, -0.05) is 0 Å². The van der Waals surface area contributed by atoms with Crippen molar-refractivity contribution in [1.29, 1.82) is 5.26 Å². The summed E-state index contributed by atoms with van der Waals surface area (Å²) < 4.78 is 15.6. The molecule has 0 heterocycles. The second kappa shape index (κ2) is 6.12. The van der Waals surface area contributed by atoms with Gasteiger partial charge in [-0.05, 0) is 19.1 Å². The summed E-state index contributed by atoms with van der Waals surface area (Å²) in [5.41, 5.74) is 0.504. The first-order valence-corrected chi connectivity index (χ1v) is 5.47.